The number of carbonyl (C=O) groups is 2. The van der Waals surface area contributed by atoms with Crippen molar-refractivity contribution in [1.82, 2.24) is 19.8 Å². The van der Waals surface area contributed by atoms with Crippen molar-refractivity contribution in [3.8, 4) is 17.0 Å². The number of hydrogen-bond donors (Lipinski definition) is 2. The van der Waals surface area contributed by atoms with Crippen LogP contribution < -0.4 is 15.0 Å². The summed E-state index contributed by atoms with van der Waals surface area (Å²) < 4.78 is 49.2. The SMILES string of the molecule is COc1ccc(N2CCN(C)CC2)cc1Nc1ncc(F)c(-c2cc3c(c(S(=O)O)c2)C(C)(C)N(C(=O)OC(C)(C)C)C3=O)n1. The van der Waals surface area contributed by atoms with Crippen LogP contribution in [0.3, 0.4) is 0 Å². The first-order valence-corrected chi connectivity index (χ1v) is 15.5. The first-order chi connectivity index (χ1) is 21.1. The van der Waals surface area contributed by atoms with Crippen molar-refractivity contribution in [2.24, 2.45) is 0 Å². The normalized spacial score (nSPS) is 17.2. The van der Waals surface area contributed by atoms with Gasteiger partial charge in [-0.25, -0.2) is 28.3 Å². The molecule has 1 aromatic heterocycles. The Morgan fingerprint density at radius 2 is 1.82 bits per heavy atom. The van der Waals surface area contributed by atoms with Crippen molar-refractivity contribution in [2.45, 2.75) is 50.7 Å². The highest BCUT2D eigenvalue weighted by Crippen LogP contribution is 2.44. The number of benzene rings is 2. The Morgan fingerprint density at radius 1 is 1.13 bits per heavy atom. The number of methoxy groups -OCH3 is 1. The number of anilines is 3. The number of likely N-dealkylation sites (N-methyl/N-ethyl adjacent to an activating group) is 1. The maximum absolute atomic E-state index is 15.3. The summed E-state index contributed by atoms with van der Waals surface area (Å²) in [6.07, 6.45) is 0.0700. The first-order valence-electron chi connectivity index (χ1n) is 14.4. The van der Waals surface area contributed by atoms with Crippen LogP contribution in [0.15, 0.2) is 41.4 Å². The molecule has 3 heterocycles. The zero-order chi connectivity index (χ0) is 32.8. The Hall–Kier alpha value is -4.14. The van der Waals surface area contributed by atoms with Gasteiger partial charge in [-0.3, -0.25) is 4.79 Å². The van der Waals surface area contributed by atoms with E-state index < -0.39 is 40.0 Å². The minimum atomic E-state index is -2.60. The second-order valence-electron chi connectivity index (χ2n) is 12.5. The van der Waals surface area contributed by atoms with Gasteiger partial charge >= 0.3 is 6.09 Å². The van der Waals surface area contributed by atoms with Crippen molar-refractivity contribution in [1.29, 1.82) is 0 Å². The number of nitrogens with zero attached hydrogens (tertiary/aromatic N) is 5. The molecule has 12 nitrogen and oxygen atoms in total. The zero-order valence-corrected chi connectivity index (χ0v) is 27.1. The molecule has 2 aliphatic rings. The molecule has 1 saturated heterocycles. The Labute approximate surface area is 263 Å². The van der Waals surface area contributed by atoms with Crippen LogP contribution in [0.1, 0.15) is 50.5 Å². The molecule has 2 aromatic carbocycles. The van der Waals surface area contributed by atoms with Crippen molar-refractivity contribution in [2.75, 3.05) is 50.6 Å². The fourth-order valence-corrected chi connectivity index (χ4v) is 6.36. The van der Waals surface area contributed by atoms with Gasteiger partial charge in [0.1, 0.15) is 17.0 Å². The molecule has 240 valence electrons. The van der Waals surface area contributed by atoms with Crippen molar-refractivity contribution >= 4 is 40.4 Å². The topological polar surface area (TPSA) is 137 Å². The molecular weight excluding hydrogens is 603 g/mol. The van der Waals surface area contributed by atoms with Gasteiger partial charge in [0.05, 0.1) is 29.4 Å². The van der Waals surface area contributed by atoms with Gasteiger partial charge in [-0.05, 0) is 72.0 Å². The van der Waals surface area contributed by atoms with E-state index in [-0.39, 0.29) is 33.2 Å². The molecule has 0 bridgehead atoms. The monoisotopic (exact) mass is 640 g/mol. The number of halogens is 1. The maximum Gasteiger partial charge on any atom is 0.418 e. The molecule has 0 spiro atoms. The van der Waals surface area contributed by atoms with E-state index in [4.69, 9.17) is 9.47 Å². The average molecular weight is 641 g/mol. The predicted octanol–water partition coefficient (Wildman–Crippen LogP) is 4.99. The molecule has 3 aromatic rings. The molecule has 1 unspecified atom stereocenters. The highest BCUT2D eigenvalue weighted by Gasteiger charge is 2.50. The van der Waals surface area contributed by atoms with E-state index in [0.29, 0.717) is 11.4 Å². The van der Waals surface area contributed by atoms with E-state index in [2.05, 4.69) is 32.1 Å². The second kappa shape index (κ2) is 12.0. The van der Waals surface area contributed by atoms with Crippen LogP contribution in [0.5, 0.6) is 5.75 Å². The number of aromatic nitrogens is 2. The highest BCUT2D eigenvalue weighted by molar-refractivity contribution is 7.79. The molecule has 1 fully saturated rings. The number of fused-ring (bicyclic) bond motifs is 1. The standard InChI is InChI=1S/C31H37FN6O6S/c1-30(2,3)44-29(40)38-27(39)20-14-18(15-24(45(41)42)25(20)31(38,4)5)26-21(32)17-33-28(35-26)34-22-16-19(8-9-23(22)43-7)37-12-10-36(6)11-13-37/h8-9,14-17H,10-13H2,1-7H3,(H,41,42)(H,33,34,35). The van der Waals surface area contributed by atoms with Gasteiger partial charge in [0.25, 0.3) is 5.91 Å². The number of rotatable bonds is 6. The average Bonchev–Trinajstić information content (AvgIpc) is 3.17. The lowest BCUT2D eigenvalue weighted by atomic mass is 9.92. The Morgan fingerprint density at radius 3 is 2.44 bits per heavy atom. The molecule has 0 aliphatic carbocycles. The van der Waals surface area contributed by atoms with E-state index in [1.807, 2.05) is 18.2 Å². The Bertz CT molecular complexity index is 1690. The summed E-state index contributed by atoms with van der Waals surface area (Å²) in [5.41, 5.74) is -0.712. The lowest BCUT2D eigenvalue weighted by molar-refractivity contribution is 0.00910. The number of ether oxygens (including phenoxy) is 2. The van der Waals surface area contributed by atoms with Crippen LogP contribution in [0.2, 0.25) is 0 Å². The number of piperazine rings is 1. The van der Waals surface area contributed by atoms with Gasteiger partial charge in [-0.1, -0.05) is 0 Å². The Kier molecular flexibility index (Phi) is 8.59. The molecule has 5 rings (SSSR count). The van der Waals surface area contributed by atoms with Gasteiger partial charge in [0, 0.05) is 48.6 Å². The molecule has 1 atom stereocenters. The fourth-order valence-electron chi connectivity index (χ4n) is 5.60. The van der Waals surface area contributed by atoms with Crippen LogP contribution >= 0.6 is 0 Å². The summed E-state index contributed by atoms with van der Waals surface area (Å²) in [5, 5.41) is 3.11. The van der Waals surface area contributed by atoms with Crippen LogP contribution in [0.25, 0.3) is 11.3 Å². The molecule has 2 aliphatic heterocycles. The maximum atomic E-state index is 15.3. The number of carbonyl (C=O) groups excluding carboxylic acids is 2. The number of imide groups is 1. The van der Waals surface area contributed by atoms with E-state index in [0.717, 1.165) is 43.0 Å². The van der Waals surface area contributed by atoms with Crippen LogP contribution in [-0.2, 0) is 21.4 Å². The highest BCUT2D eigenvalue weighted by atomic mass is 32.2. The molecule has 2 N–H and O–H groups in total. The molecule has 2 amide bonds. The van der Waals surface area contributed by atoms with Gasteiger partial charge < -0.3 is 29.1 Å². The third-order valence-corrected chi connectivity index (χ3v) is 8.48. The van der Waals surface area contributed by atoms with Crippen molar-refractivity contribution in [3.63, 3.8) is 0 Å². The Balaban J connectivity index is 1.53. The lowest BCUT2D eigenvalue weighted by Crippen LogP contribution is -2.46. The number of amides is 2. The zero-order valence-electron chi connectivity index (χ0n) is 26.3. The minimum Gasteiger partial charge on any atom is -0.495 e. The quantitative estimate of drug-likeness (QED) is 0.353. The van der Waals surface area contributed by atoms with Crippen LogP contribution in [-0.4, -0.2) is 86.5 Å². The van der Waals surface area contributed by atoms with Crippen LogP contribution in [0, 0.1) is 5.82 Å². The third kappa shape index (κ3) is 6.35. The van der Waals surface area contributed by atoms with E-state index in [1.54, 1.807) is 34.6 Å². The molecule has 0 saturated carbocycles. The smallest absolute Gasteiger partial charge is 0.418 e. The summed E-state index contributed by atoms with van der Waals surface area (Å²) >= 11 is -2.60. The number of nitrogens with one attached hydrogen (secondary N) is 1. The second-order valence-corrected chi connectivity index (χ2v) is 13.5. The molecule has 45 heavy (non-hydrogen) atoms. The summed E-state index contributed by atoms with van der Waals surface area (Å²) in [6.45, 7) is 11.7. The predicted molar refractivity (Wildman–Crippen MR) is 168 cm³/mol. The van der Waals surface area contributed by atoms with Gasteiger partial charge in [0.2, 0.25) is 5.95 Å². The van der Waals surface area contributed by atoms with Crippen molar-refractivity contribution in [3.05, 3.63) is 53.5 Å². The third-order valence-electron chi connectivity index (χ3n) is 7.79. The van der Waals surface area contributed by atoms with Gasteiger partial charge in [0.15, 0.2) is 16.9 Å². The summed E-state index contributed by atoms with van der Waals surface area (Å²) in [4.78, 5) is 40.5. The van der Waals surface area contributed by atoms with E-state index in [1.165, 1.54) is 19.2 Å². The number of hydrogen-bond acceptors (Lipinski definition) is 10. The largest absolute Gasteiger partial charge is 0.495 e. The molecule has 0 radical (unpaired) electrons. The minimum absolute atomic E-state index is 0.0326. The summed E-state index contributed by atoms with van der Waals surface area (Å²) in [5.74, 6) is -1.000. The summed E-state index contributed by atoms with van der Waals surface area (Å²) in [6, 6.07) is 8.36. The summed E-state index contributed by atoms with van der Waals surface area (Å²) in [7, 11) is 3.62. The molecule has 14 heteroatoms. The lowest BCUT2D eigenvalue weighted by Gasteiger charge is -2.34. The van der Waals surface area contributed by atoms with Crippen LogP contribution in [0.4, 0.5) is 26.5 Å². The van der Waals surface area contributed by atoms with E-state index in [9.17, 15) is 18.4 Å². The van der Waals surface area contributed by atoms with Crippen molar-refractivity contribution < 1.29 is 32.2 Å². The van der Waals surface area contributed by atoms with E-state index >= 15 is 4.39 Å². The first kappa shape index (κ1) is 32.3. The fraction of sp³-hybridized carbons (Fsp3) is 0.419. The molecular formula is C31H37FN6O6S. The van der Waals surface area contributed by atoms with Gasteiger partial charge in [-0.2, -0.15) is 0 Å². The van der Waals surface area contributed by atoms with Gasteiger partial charge in [-0.15, -0.1) is 0 Å².